The minimum absolute atomic E-state index is 0.228. The van der Waals surface area contributed by atoms with Crippen molar-refractivity contribution in [1.29, 1.82) is 0 Å². The van der Waals surface area contributed by atoms with Gasteiger partial charge in [0.1, 0.15) is 5.71 Å². The second kappa shape index (κ2) is 26.2. The molecule has 0 saturated heterocycles. The molecule has 0 radical (unpaired) electrons. The van der Waals surface area contributed by atoms with E-state index in [0.29, 0.717) is 44.5 Å². The Bertz CT molecular complexity index is 1510. The molecule has 1 atom stereocenters. The maximum absolute atomic E-state index is 11.9. The van der Waals surface area contributed by atoms with Crippen molar-refractivity contribution in [2.75, 3.05) is 23.6 Å². The summed E-state index contributed by atoms with van der Waals surface area (Å²) in [6, 6.07) is 10.0. The Morgan fingerprint density at radius 3 is 1.86 bits per heavy atom. The minimum Gasteiger partial charge on any atom is -0.461 e. The molecule has 3 rings (SSSR count). The number of nitrogens with one attached hydrogen (secondary N) is 1. The van der Waals surface area contributed by atoms with Crippen molar-refractivity contribution < 1.29 is 38.2 Å². The van der Waals surface area contributed by atoms with Crippen LogP contribution in [0.1, 0.15) is 60.8 Å². The quantitative estimate of drug-likeness (QED) is 0.113. The third-order valence-electron chi connectivity index (χ3n) is 5.94. The number of carbonyl (C=O) groups is 2. The Morgan fingerprint density at radius 1 is 0.939 bits per heavy atom. The van der Waals surface area contributed by atoms with Gasteiger partial charge in [0.05, 0.1) is 40.2 Å². The summed E-state index contributed by atoms with van der Waals surface area (Å²) in [6.07, 6.45) is 2.96. The molecule has 0 bridgehead atoms. The SMILES string of the molecule is C=C(C)CC.CCOC(=O)/C(Cl)=N/Nc1ccc(Cl)cc1Cl.CCOC(=O)C1=NN(c2ccc(Cl)cc2Cl)C(C)(CC)C1.O=C=O.O=C=O. The van der Waals surface area contributed by atoms with Crippen LogP contribution in [0, 0.1) is 0 Å². The van der Waals surface area contributed by atoms with E-state index >= 15 is 0 Å². The summed E-state index contributed by atoms with van der Waals surface area (Å²) in [7, 11) is 0. The van der Waals surface area contributed by atoms with Crippen molar-refractivity contribution in [3.8, 4) is 0 Å². The van der Waals surface area contributed by atoms with Crippen molar-refractivity contribution in [2.45, 2.75) is 66.3 Å². The van der Waals surface area contributed by atoms with Crippen molar-refractivity contribution in [2.24, 2.45) is 10.2 Å². The molecular weight excluding hydrogens is 746 g/mol. The Morgan fingerprint density at radius 2 is 1.43 bits per heavy atom. The number of ether oxygens (including phenoxy) is 2. The highest BCUT2D eigenvalue weighted by molar-refractivity contribution is 6.82. The van der Waals surface area contributed by atoms with Crippen LogP contribution in [-0.4, -0.2) is 53.9 Å². The molecule has 1 N–H and O–H groups in total. The van der Waals surface area contributed by atoms with Crippen LogP contribution >= 0.6 is 58.0 Å². The van der Waals surface area contributed by atoms with Crippen LogP contribution in [0.3, 0.4) is 0 Å². The first-order chi connectivity index (χ1) is 23.0. The highest BCUT2D eigenvalue weighted by Gasteiger charge is 2.41. The lowest BCUT2D eigenvalue weighted by Gasteiger charge is -2.33. The number of rotatable bonds is 9. The normalized spacial score (nSPS) is 14.1. The van der Waals surface area contributed by atoms with Crippen molar-refractivity contribution in [3.63, 3.8) is 0 Å². The molecule has 0 saturated carbocycles. The van der Waals surface area contributed by atoms with Gasteiger partial charge in [-0.1, -0.05) is 77.4 Å². The molecular formula is C32H37Cl5N4O8. The van der Waals surface area contributed by atoms with Gasteiger partial charge in [-0.3, -0.25) is 10.4 Å². The summed E-state index contributed by atoms with van der Waals surface area (Å²) in [6.45, 7) is 15.9. The Labute approximate surface area is 310 Å². The molecule has 268 valence electrons. The molecule has 0 amide bonds. The Balaban J connectivity index is 0. The molecule has 2 aromatic carbocycles. The van der Waals surface area contributed by atoms with Gasteiger partial charge in [0.2, 0.25) is 5.17 Å². The van der Waals surface area contributed by atoms with E-state index in [9.17, 15) is 9.59 Å². The lowest BCUT2D eigenvalue weighted by molar-refractivity contribution is -0.193. The highest BCUT2D eigenvalue weighted by Crippen LogP contribution is 2.39. The zero-order valence-corrected chi connectivity index (χ0v) is 31.5. The number of esters is 2. The number of benzene rings is 2. The summed E-state index contributed by atoms with van der Waals surface area (Å²) in [4.78, 5) is 55.6. The monoisotopic (exact) mass is 780 g/mol. The van der Waals surface area contributed by atoms with Crippen molar-refractivity contribution in [1.82, 2.24) is 0 Å². The van der Waals surface area contributed by atoms with E-state index in [1.165, 1.54) is 5.57 Å². The fraction of sp³-hybridized carbons (Fsp3) is 0.375. The smallest absolute Gasteiger partial charge is 0.373 e. The molecule has 0 fully saturated rings. The van der Waals surface area contributed by atoms with Crippen LogP contribution in [0.15, 0.2) is 58.8 Å². The van der Waals surface area contributed by atoms with Gasteiger partial charge < -0.3 is 9.47 Å². The fourth-order valence-electron chi connectivity index (χ4n) is 3.24. The first-order valence-electron chi connectivity index (χ1n) is 14.3. The van der Waals surface area contributed by atoms with E-state index < -0.39 is 5.97 Å². The number of nitrogens with zero attached hydrogens (tertiary/aromatic N) is 3. The molecule has 12 nitrogen and oxygen atoms in total. The molecule has 0 aliphatic carbocycles. The van der Waals surface area contributed by atoms with E-state index in [1.807, 2.05) is 19.9 Å². The number of carbonyl (C=O) groups excluding carboxylic acids is 6. The van der Waals surface area contributed by atoms with Gasteiger partial charge in [0, 0.05) is 16.5 Å². The van der Waals surface area contributed by atoms with Gasteiger partial charge in [0.25, 0.3) is 0 Å². The van der Waals surface area contributed by atoms with E-state index in [2.05, 4.69) is 40.8 Å². The molecule has 1 unspecified atom stereocenters. The first-order valence-corrected chi connectivity index (χ1v) is 16.2. The second-order valence-corrected chi connectivity index (χ2v) is 11.6. The Kier molecular flexibility index (Phi) is 25.3. The van der Waals surface area contributed by atoms with E-state index in [4.69, 9.17) is 81.9 Å². The van der Waals surface area contributed by atoms with Gasteiger partial charge in [-0.2, -0.15) is 29.4 Å². The number of anilines is 2. The second-order valence-electron chi connectivity index (χ2n) is 9.54. The Hall–Kier alpha value is -3.73. The van der Waals surface area contributed by atoms with Crippen LogP contribution in [0.2, 0.25) is 20.1 Å². The molecule has 1 aliphatic heterocycles. The van der Waals surface area contributed by atoms with E-state index in [1.54, 1.807) is 49.2 Å². The van der Waals surface area contributed by atoms with Crippen molar-refractivity contribution >= 4 is 105 Å². The lowest BCUT2D eigenvalue weighted by atomic mass is 9.92. The fourth-order valence-corrected chi connectivity index (χ4v) is 4.27. The summed E-state index contributed by atoms with van der Waals surface area (Å²) in [5, 5.41) is 11.5. The number of halogens is 5. The lowest BCUT2D eigenvalue weighted by Crippen LogP contribution is -2.39. The molecule has 49 heavy (non-hydrogen) atoms. The number of hydrogen-bond acceptors (Lipinski definition) is 12. The number of allylic oxidation sites excluding steroid dienone is 1. The first kappa shape index (κ1) is 47.4. The van der Waals surface area contributed by atoms with Crippen LogP contribution in [-0.2, 0) is 38.2 Å². The zero-order chi connectivity index (χ0) is 38.2. The van der Waals surface area contributed by atoms with Crippen LogP contribution in [0.5, 0.6) is 0 Å². The van der Waals surface area contributed by atoms with Gasteiger partial charge in [-0.05, 0) is 76.9 Å². The highest BCUT2D eigenvalue weighted by atomic mass is 35.5. The molecule has 0 aromatic heterocycles. The number of hydrazone groups is 2. The molecule has 2 aromatic rings. The largest absolute Gasteiger partial charge is 0.461 e. The topological polar surface area (TPSA) is 161 Å². The van der Waals surface area contributed by atoms with Crippen LogP contribution < -0.4 is 10.4 Å². The molecule has 0 spiro atoms. The summed E-state index contributed by atoms with van der Waals surface area (Å²) in [5.74, 6) is -1.07. The predicted molar refractivity (Wildman–Crippen MR) is 191 cm³/mol. The maximum atomic E-state index is 11.9. The van der Waals surface area contributed by atoms with Gasteiger partial charge in [0.15, 0.2) is 0 Å². The number of hydrogen-bond donors (Lipinski definition) is 1. The average molecular weight is 783 g/mol. The summed E-state index contributed by atoms with van der Waals surface area (Å²) in [5.41, 5.74) is 5.14. The average Bonchev–Trinajstić information content (AvgIpc) is 3.39. The van der Waals surface area contributed by atoms with E-state index in [0.717, 1.165) is 18.5 Å². The van der Waals surface area contributed by atoms with E-state index in [-0.39, 0.29) is 35.6 Å². The van der Waals surface area contributed by atoms with Crippen molar-refractivity contribution in [3.05, 3.63) is 68.6 Å². The maximum Gasteiger partial charge on any atom is 0.373 e. The standard InChI is InChI=1S/C15H18Cl2N2O2.C10H9Cl3N2O2.C5H10.2CO2/c1-4-15(3)9-12(14(20)21-5-2)18-19(15)13-7-6-10(16)8-11(13)17;1-2-17-10(16)9(13)15-14-8-4-3-6(11)5-7(8)12;1-4-5(2)3;2*2-1-3/h6-8H,4-5,9H2,1-3H3;3-5,14H,2H2,1H3;2,4H2,1,3H3;;/b;15-9-;;;. The molecule has 1 heterocycles. The third-order valence-corrected chi connectivity index (χ3v) is 7.27. The van der Waals surface area contributed by atoms with Gasteiger partial charge in [-0.15, -0.1) is 6.58 Å². The minimum atomic E-state index is -0.702. The van der Waals surface area contributed by atoms with Crippen LogP contribution in [0.25, 0.3) is 0 Å². The summed E-state index contributed by atoms with van der Waals surface area (Å²) < 4.78 is 9.69. The van der Waals surface area contributed by atoms with Gasteiger partial charge in [-0.25, -0.2) is 9.59 Å². The summed E-state index contributed by atoms with van der Waals surface area (Å²) >= 11 is 29.4. The molecule has 17 heteroatoms. The predicted octanol–water partition coefficient (Wildman–Crippen LogP) is 8.62. The van der Waals surface area contributed by atoms with Crippen LogP contribution in [0.4, 0.5) is 11.4 Å². The zero-order valence-electron chi connectivity index (χ0n) is 27.7. The molecule has 1 aliphatic rings. The third kappa shape index (κ3) is 18.6. The van der Waals surface area contributed by atoms with Gasteiger partial charge >= 0.3 is 24.2 Å².